The highest BCUT2D eigenvalue weighted by molar-refractivity contribution is 8.00. The van der Waals surface area contributed by atoms with Gasteiger partial charge in [-0.25, -0.2) is 0 Å². The molecule has 1 aromatic carbocycles. The van der Waals surface area contributed by atoms with Gasteiger partial charge in [0.15, 0.2) is 0 Å². The molecule has 1 amide bonds. The van der Waals surface area contributed by atoms with Gasteiger partial charge < -0.3 is 9.73 Å². The number of pyridine rings is 1. The molecule has 0 saturated heterocycles. The van der Waals surface area contributed by atoms with E-state index >= 15 is 0 Å². The summed E-state index contributed by atoms with van der Waals surface area (Å²) in [5.41, 5.74) is 1.86. The van der Waals surface area contributed by atoms with Crippen LogP contribution in [0.4, 0.5) is 0 Å². The smallest absolute Gasteiger partial charge is 0.277 e. The molecule has 0 aliphatic rings. The number of nitrogens with one attached hydrogen (secondary N) is 1. The predicted molar refractivity (Wildman–Crippen MR) is 101 cm³/mol. The standard InChI is InChI=1S/C18H17ClN4O2S/c1-12(16(24)21-10-8-13-4-6-15(19)7-5-13)26-18-23-22-17(25-18)14-3-2-9-20-11-14/h2-7,9,11-12H,8,10H2,1H3,(H,21,24). The topological polar surface area (TPSA) is 80.9 Å². The molecule has 0 bridgehead atoms. The Kier molecular flexibility index (Phi) is 6.25. The quantitative estimate of drug-likeness (QED) is 0.622. The first-order valence-electron chi connectivity index (χ1n) is 8.04. The SMILES string of the molecule is CC(Sc1nnc(-c2cccnc2)o1)C(=O)NCCc1ccc(Cl)cc1. The Bertz CT molecular complexity index is 855. The van der Waals surface area contributed by atoms with Crippen molar-refractivity contribution in [2.75, 3.05) is 6.54 Å². The lowest BCUT2D eigenvalue weighted by molar-refractivity contribution is -0.120. The fourth-order valence-electron chi connectivity index (χ4n) is 2.19. The van der Waals surface area contributed by atoms with Crippen molar-refractivity contribution in [3.8, 4) is 11.5 Å². The van der Waals surface area contributed by atoms with E-state index in [1.165, 1.54) is 11.8 Å². The molecule has 2 aromatic heterocycles. The van der Waals surface area contributed by atoms with E-state index in [4.69, 9.17) is 16.0 Å². The summed E-state index contributed by atoms with van der Waals surface area (Å²) in [6.45, 7) is 2.35. The van der Waals surface area contributed by atoms with Crippen molar-refractivity contribution < 1.29 is 9.21 Å². The molecule has 0 saturated carbocycles. The summed E-state index contributed by atoms with van der Waals surface area (Å²) in [6.07, 6.45) is 4.06. The third kappa shape index (κ3) is 5.06. The summed E-state index contributed by atoms with van der Waals surface area (Å²) in [5, 5.41) is 11.6. The number of carbonyl (C=O) groups is 1. The van der Waals surface area contributed by atoms with Crippen molar-refractivity contribution in [2.24, 2.45) is 0 Å². The Hall–Kier alpha value is -2.38. The summed E-state index contributed by atoms with van der Waals surface area (Å²) in [6, 6.07) is 11.2. The molecule has 8 heteroatoms. The summed E-state index contributed by atoms with van der Waals surface area (Å²) in [4.78, 5) is 16.2. The summed E-state index contributed by atoms with van der Waals surface area (Å²) >= 11 is 7.08. The molecular formula is C18H17ClN4O2S. The van der Waals surface area contributed by atoms with Gasteiger partial charge in [-0.2, -0.15) is 0 Å². The van der Waals surface area contributed by atoms with E-state index < -0.39 is 0 Å². The van der Waals surface area contributed by atoms with Crippen LogP contribution in [-0.2, 0) is 11.2 Å². The van der Waals surface area contributed by atoms with Crippen molar-refractivity contribution in [1.29, 1.82) is 0 Å². The number of hydrogen-bond donors (Lipinski definition) is 1. The number of aromatic nitrogens is 3. The number of carbonyl (C=O) groups excluding carboxylic acids is 1. The first-order valence-corrected chi connectivity index (χ1v) is 9.30. The summed E-state index contributed by atoms with van der Waals surface area (Å²) < 4.78 is 5.58. The Labute approximate surface area is 160 Å². The largest absolute Gasteiger partial charge is 0.411 e. The second-order valence-electron chi connectivity index (χ2n) is 5.54. The van der Waals surface area contributed by atoms with Gasteiger partial charge in [0, 0.05) is 24.0 Å². The maximum Gasteiger partial charge on any atom is 0.277 e. The first kappa shape index (κ1) is 18.4. The van der Waals surface area contributed by atoms with Crippen molar-refractivity contribution in [1.82, 2.24) is 20.5 Å². The minimum Gasteiger partial charge on any atom is -0.411 e. The Morgan fingerprint density at radius 2 is 2.08 bits per heavy atom. The normalized spacial score (nSPS) is 11.9. The molecule has 0 aliphatic heterocycles. The second-order valence-corrected chi connectivity index (χ2v) is 7.27. The molecule has 26 heavy (non-hydrogen) atoms. The summed E-state index contributed by atoms with van der Waals surface area (Å²) in [5.74, 6) is 0.307. The van der Waals surface area contributed by atoms with Crippen LogP contribution in [0.15, 0.2) is 58.4 Å². The molecule has 3 rings (SSSR count). The molecule has 2 heterocycles. The number of thioether (sulfide) groups is 1. The van der Waals surface area contributed by atoms with Crippen LogP contribution in [0, 0.1) is 0 Å². The van der Waals surface area contributed by atoms with E-state index in [0.717, 1.165) is 17.5 Å². The molecule has 6 nitrogen and oxygen atoms in total. The second kappa shape index (κ2) is 8.82. The van der Waals surface area contributed by atoms with Crippen LogP contribution < -0.4 is 5.32 Å². The number of amides is 1. The molecule has 0 radical (unpaired) electrons. The van der Waals surface area contributed by atoms with Gasteiger partial charge in [0.05, 0.1) is 10.8 Å². The maximum atomic E-state index is 12.2. The van der Waals surface area contributed by atoms with Crippen LogP contribution in [0.25, 0.3) is 11.5 Å². The minimum atomic E-state index is -0.345. The zero-order valence-electron chi connectivity index (χ0n) is 14.1. The predicted octanol–water partition coefficient (Wildman–Crippen LogP) is 3.62. The van der Waals surface area contributed by atoms with Crippen molar-refractivity contribution in [3.63, 3.8) is 0 Å². The maximum absolute atomic E-state index is 12.2. The number of rotatable bonds is 7. The van der Waals surface area contributed by atoms with E-state index in [1.807, 2.05) is 30.3 Å². The highest BCUT2D eigenvalue weighted by atomic mass is 35.5. The fraction of sp³-hybridized carbons (Fsp3) is 0.222. The third-order valence-corrected chi connectivity index (χ3v) is 4.77. The van der Waals surface area contributed by atoms with Crippen LogP contribution in [-0.4, -0.2) is 32.9 Å². The molecule has 1 N–H and O–H groups in total. The fourth-order valence-corrected chi connectivity index (χ4v) is 3.03. The lowest BCUT2D eigenvalue weighted by atomic mass is 10.1. The third-order valence-electron chi connectivity index (χ3n) is 3.59. The van der Waals surface area contributed by atoms with Gasteiger partial charge >= 0.3 is 0 Å². The average molecular weight is 389 g/mol. The zero-order valence-corrected chi connectivity index (χ0v) is 15.6. The van der Waals surface area contributed by atoms with E-state index in [1.54, 1.807) is 25.4 Å². The molecule has 0 spiro atoms. The minimum absolute atomic E-state index is 0.0786. The molecule has 1 unspecified atom stereocenters. The average Bonchev–Trinajstić information content (AvgIpc) is 3.12. The van der Waals surface area contributed by atoms with Gasteiger partial charge in [0.1, 0.15) is 0 Å². The zero-order chi connectivity index (χ0) is 18.4. The lowest BCUT2D eigenvalue weighted by Crippen LogP contribution is -2.32. The molecular weight excluding hydrogens is 372 g/mol. The Morgan fingerprint density at radius 3 is 2.81 bits per heavy atom. The number of halogens is 1. The molecule has 1 atom stereocenters. The van der Waals surface area contributed by atoms with Crippen LogP contribution in [0.3, 0.4) is 0 Å². The van der Waals surface area contributed by atoms with E-state index in [-0.39, 0.29) is 11.2 Å². The van der Waals surface area contributed by atoms with E-state index in [9.17, 15) is 4.79 Å². The van der Waals surface area contributed by atoms with Gasteiger partial charge in [-0.15, -0.1) is 10.2 Å². The molecule has 134 valence electrons. The number of hydrogen-bond acceptors (Lipinski definition) is 6. The Balaban J connectivity index is 1.48. The highest BCUT2D eigenvalue weighted by Gasteiger charge is 2.18. The molecule has 0 aliphatic carbocycles. The van der Waals surface area contributed by atoms with Gasteiger partial charge in [-0.3, -0.25) is 9.78 Å². The van der Waals surface area contributed by atoms with Crippen LogP contribution >= 0.6 is 23.4 Å². The molecule has 3 aromatic rings. The lowest BCUT2D eigenvalue weighted by Gasteiger charge is -2.09. The summed E-state index contributed by atoms with van der Waals surface area (Å²) in [7, 11) is 0. The number of nitrogens with zero attached hydrogens (tertiary/aromatic N) is 3. The van der Waals surface area contributed by atoms with Crippen LogP contribution in [0.2, 0.25) is 5.02 Å². The van der Waals surface area contributed by atoms with Crippen LogP contribution in [0.5, 0.6) is 0 Å². The van der Waals surface area contributed by atoms with E-state index in [0.29, 0.717) is 22.7 Å². The Morgan fingerprint density at radius 1 is 1.27 bits per heavy atom. The van der Waals surface area contributed by atoms with Gasteiger partial charge in [-0.05, 0) is 43.2 Å². The van der Waals surface area contributed by atoms with Crippen molar-refractivity contribution >= 4 is 29.3 Å². The monoisotopic (exact) mass is 388 g/mol. The first-order chi connectivity index (χ1) is 12.6. The van der Waals surface area contributed by atoms with Crippen molar-refractivity contribution in [2.45, 2.75) is 23.8 Å². The number of benzene rings is 1. The van der Waals surface area contributed by atoms with Gasteiger partial charge in [0.25, 0.3) is 5.22 Å². The highest BCUT2D eigenvalue weighted by Crippen LogP contribution is 2.25. The van der Waals surface area contributed by atoms with Crippen molar-refractivity contribution in [3.05, 3.63) is 59.4 Å². The van der Waals surface area contributed by atoms with Crippen LogP contribution in [0.1, 0.15) is 12.5 Å². The van der Waals surface area contributed by atoms with Gasteiger partial charge in [0.2, 0.25) is 11.8 Å². The van der Waals surface area contributed by atoms with E-state index in [2.05, 4.69) is 20.5 Å². The van der Waals surface area contributed by atoms with Gasteiger partial charge in [-0.1, -0.05) is 35.5 Å². The molecule has 0 fully saturated rings.